The van der Waals surface area contributed by atoms with E-state index in [0.29, 0.717) is 18.7 Å². The Labute approximate surface area is 143 Å². The number of ether oxygens (including phenoxy) is 1. The molecule has 0 saturated carbocycles. The van der Waals surface area contributed by atoms with Crippen molar-refractivity contribution in [2.75, 3.05) is 13.2 Å². The first-order valence-electron chi connectivity index (χ1n) is 9.04. The van der Waals surface area contributed by atoms with Crippen LogP contribution in [-0.4, -0.2) is 34.7 Å². The van der Waals surface area contributed by atoms with Crippen LogP contribution in [0.15, 0.2) is 18.2 Å². The summed E-state index contributed by atoms with van der Waals surface area (Å²) in [4.78, 5) is 17.0. The van der Waals surface area contributed by atoms with Crippen molar-refractivity contribution in [3.63, 3.8) is 0 Å². The van der Waals surface area contributed by atoms with Gasteiger partial charge >= 0.3 is 0 Å². The van der Waals surface area contributed by atoms with E-state index in [-0.39, 0.29) is 12.0 Å². The number of carbonyl (C=O) groups excluding carboxylic acids is 1. The van der Waals surface area contributed by atoms with Crippen LogP contribution in [0.2, 0.25) is 0 Å². The molecule has 0 atom stereocenters. The number of amides is 1. The molecule has 2 heterocycles. The zero-order chi connectivity index (χ0) is 16.9. The SMILES string of the molecule is CC(C)OCCCNC(=O)c1ccc2c(c1)nc1n2CCCCC1. The van der Waals surface area contributed by atoms with Crippen molar-refractivity contribution < 1.29 is 9.53 Å². The molecular formula is C19H27N3O2. The lowest BCUT2D eigenvalue weighted by Crippen LogP contribution is -2.25. The summed E-state index contributed by atoms with van der Waals surface area (Å²) in [6, 6.07) is 5.85. The number of rotatable bonds is 6. The van der Waals surface area contributed by atoms with Crippen LogP contribution in [0.4, 0.5) is 0 Å². The average molecular weight is 329 g/mol. The number of aromatic nitrogens is 2. The van der Waals surface area contributed by atoms with Gasteiger partial charge in [0.15, 0.2) is 0 Å². The quantitative estimate of drug-likeness (QED) is 0.827. The van der Waals surface area contributed by atoms with Gasteiger partial charge in [0.05, 0.1) is 17.1 Å². The summed E-state index contributed by atoms with van der Waals surface area (Å²) in [5.41, 5.74) is 2.76. The first-order valence-corrected chi connectivity index (χ1v) is 9.04. The molecule has 5 heteroatoms. The van der Waals surface area contributed by atoms with Gasteiger partial charge in [0.2, 0.25) is 0 Å². The fraction of sp³-hybridized carbons (Fsp3) is 0.579. The van der Waals surface area contributed by atoms with E-state index in [1.165, 1.54) is 19.3 Å². The number of hydrogen-bond acceptors (Lipinski definition) is 3. The van der Waals surface area contributed by atoms with E-state index < -0.39 is 0 Å². The van der Waals surface area contributed by atoms with Crippen LogP contribution in [0.25, 0.3) is 11.0 Å². The van der Waals surface area contributed by atoms with Crippen LogP contribution >= 0.6 is 0 Å². The lowest BCUT2D eigenvalue weighted by Gasteiger charge is -2.08. The highest BCUT2D eigenvalue weighted by molar-refractivity contribution is 5.97. The van der Waals surface area contributed by atoms with E-state index in [1.54, 1.807) is 0 Å². The molecular weight excluding hydrogens is 302 g/mol. The number of nitrogens with one attached hydrogen (secondary N) is 1. The van der Waals surface area contributed by atoms with Crippen molar-refractivity contribution in [3.05, 3.63) is 29.6 Å². The van der Waals surface area contributed by atoms with Crippen molar-refractivity contribution in [2.24, 2.45) is 0 Å². The van der Waals surface area contributed by atoms with Gasteiger partial charge in [-0.05, 0) is 51.3 Å². The fourth-order valence-electron chi connectivity index (χ4n) is 3.19. The normalized spacial score (nSPS) is 14.6. The Kier molecular flexibility index (Phi) is 5.51. The van der Waals surface area contributed by atoms with Crippen molar-refractivity contribution in [1.29, 1.82) is 0 Å². The Bertz CT molecular complexity index is 706. The highest BCUT2D eigenvalue weighted by Crippen LogP contribution is 2.22. The molecule has 0 radical (unpaired) electrons. The minimum Gasteiger partial charge on any atom is -0.379 e. The maximum Gasteiger partial charge on any atom is 0.251 e. The maximum atomic E-state index is 12.3. The van der Waals surface area contributed by atoms with Gasteiger partial charge in [-0.1, -0.05) is 6.42 Å². The van der Waals surface area contributed by atoms with Gasteiger partial charge < -0.3 is 14.6 Å². The highest BCUT2D eigenvalue weighted by atomic mass is 16.5. The van der Waals surface area contributed by atoms with Crippen LogP contribution in [0.3, 0.4) is 0 Å². The van der Waals surface area contributed by atoms with Crippen LogP contribution in [0.1, 0.15) is 55.7 Å². The molecule has 0 fully saturated rings. The van der Waals surface area contributed by atoms with Crippen molar-refractivity contribution in [1.82, 2.24) is 14.9 Å². The summed E-state index contributed by atoms with van der Waals surface area (Å²) in [5.74, 6) is 1.12. The molecule has 1 aliphatic heterocycles. The predicted octanol–water partition coefficient (Wildman–Crippen LogP) is 3.31. The summed E-state index contributed by atoms with van der Waals surface area (Å²) in [6.07, 6.45) is 5.77. The molecule has 0 saturated heterocycles. The molecule has 130 valence electrons. The first kappa shape index (κ1) is 17.0. The second kappa shape index (κ2) is 7.79. The third-order valence-corrected chi connectivity index (χ3v) is 4.43. The summed E-state index contributed by atoms with van der Waals surface area (Å²) < 4.78 is 7.79. The van der Waals surface area contributed by atoms with Gasteiger partial charge in [-0.3, -0.25) is 4.79 Å². The van der Waals surface area contributed by atoms with E-state index in [0.717, 1.165) is 36.2 Å². The largest absolute Gasteiger partial charge is 0.379 e. The van der Waals surface area contributed by atoms with E-state index in [4.69, 9.17) is 9.72 Å². The molecule has 1 N–H and O–H groups in total. The Hall–Kier alpha value is -1.88. The van der Waals surface area contributed by atoms with E-state index >= 15 is 0 Å². The predicted molar refractivity (Wildman–Crippen MR) is 95.3 cm³/mol. The Morgan fingerprint density at radius 2 is 2.21 bits per heavy atom. The smallest absolute Gasteiger partial charge is 0.251 e. The molecule has 0 bridgehead atoms. The molecule has 1 aromatic heterocycles. The van der Waals surface area contributed by atoms with Crippen molar-refractivity contribution >= 4 is 16.9 Å². The number of nitrogens with zero attached hydrogens (tertiary/aromatic N) is 2. The zero-order valence-corrected chi connectivity index (χ0v) is 14.7. The number of benzene rings is 1. The molecule has 5 nitrogen and oxygen atoms in total. The van der Waals surface area contributed by atoms with E-state index in [9.17, 15) is 4.79 Å². The van der Waals surface area contributed by atoms with Gasteiger partial charge in [0.1, 0.15) is 5.82 Å². The van der Waals surface area contributed by atoms with E-state index in [1.807, 2.05) is 32.0 Å². The van der Waals surface area contributed by atoms with Crippen LogP contribution in [0, 0.1) is 0 Å². The second-order valence-electron chi connectivity index (χ2n) is 6.72. The molecule has 0 aliphatic carbocycles. The number of imidazole rings is 1. The van der Waals surface area contributed by atoms with Crippen LogP contribution < -0.4 is 5.32 Å². The minimum absolute atomic E-state index is 0.0374. The molecule has 0 spiro atoms. The Morgan fingerprint density at radius 1 is 1.33 bits per heavy atom. The zero-order valence-electron chi connectivity index (χ0n) is 14.7. The maximum absolute atomic E-state index is 12.3. The van der Waals surface area contributed by atoms with Crippen molar-refractivity contribution in [2.45, 2.75) is 58.6 Å². The lowest BCUT2D eigenvalue weighted by atomic mass is 10.2. The molecule has 1 amide bonds. The van der Waals surface area contributed by atoms with E-state index in [2.05, 4.69) is 9.88 Å². The van der Waals surface area contributed by atoms with Gasteiger partial charge in [0, 0.05) is 31.7 Å². The van der Waals surface area contributed by atoms with Gasteiger partial charge in [-0.15, -0.1) is 0 Å². The molecule has 3 rings (SSSR count). The fourth-order valence-corrected chi connectivity index (χ4v) is 3.19. The Morgan fingerprint density at radius 3 is 3.04 bits per heavy atom. The lowest BCUT2D eigenvalue weighted by molar-refractivity contribution is 0.0757. The standard InChI is InChI=1S/C19H27N3O2/c1-14(2)24-12-6-10-20-19(23)15-8-9-17-16(13-15)21-18-7-4-3-5-11-22(17)18/h8-9,13-14H,3-7,10-12H2,1-2H3,(H,20,23). The van der Waals surface area contributed by atoms with Crippen LogP contribution in [0.5, 0.6) is 0 Å². The third kappa shape index (κ3) is 3.96. The first-order chi connectivity index (χ1) is 11.6. The van der Waals surface area contributed by atoms with Gasteiger partial charge in [-0.25, -0.2) is 4.98 Å². The monoisotopic (exact) mass is 329 g/mol. The molecule has 24 heavy (non-hydrogen) atoms. The Balaban J connectivity index is 1.64. The van der Waals surface area contributed by atoms with Crippen molar-refractivity contribution in [3.8, 4) is 0 Å². The average Bonchev–Trinajstić information content (AvgIpc) is 2.74. The minimum atomic E-state index is -0.0374. The summed E-state index contributed by atoms with van der Waals surface area (Å²) in [6.45, 7) is 6.36. The van der Waals surface area contributed by atoms with Gasteiger partial charge in [-0.2, -0.15) is 0 Å². The highest BCUT2D eigenvalue weighted by Gasteiger charge is 2.15. The molecule has 0 unspecified atom stereocenters. The molecule has 1 aromatic carbocycles. The topological polar surface area (TPSA) is 56.1 Å². The molecule has 2 aromatic rings. The summed E-state index contributed by atoms with van der Waals surface area (Å²) in [5, 5.41) is 2.96. The molecule has 1 aliphatic rings. The summed E-state index contributed by atoms with van der Waals surface area (Å²) in [7, 11) is 0. The van der Waals surface area contributed by atoms with Crippen LogP contribution in [-0.2, 0) is 17.7 Å². The number of fused-ring (bicyclic) bond motifs is 3. The third-order valence-electron chi connectivity index (χ3n) is 4.43. The number of hydrogen-bond donors (Lipinski definition) is 1. The van der Waals surface area contributed by atoms with Gasteiger partial charge in [0.25, 0.3) is 5.91 Å². The number of aryl methyl sites for hydroxylation is 2. The number of carbonyl (C=O) groups is 1. The second-order valence-corrected chi connectivity index (χ2v) is 6.72. The summed E-state index contributed by atoms with van der Waals surface area (Å²) >= 11 is 0.